The van der Waals surface area contributed by atoms with Crippen LogP contribution in [-0.4, -0.2) is 80.7 Å². The van der Waals surface area contributed by atoms with Gasteiger partial charge in [-0.1, -0.05) is 68.0 Å². The van der Waals surface area contributed by atoms with E-state index in [0.29, 0.717) is 29.3 Å². The molecule has 12 nitrogen and oxygen atoms in total. The lowest BCUT2D eigenvalue weighted by Crippen LogP contribution is -2.43. The number of nitrogens with zero attached hydrogens (tertiary/aromatic N) is 5. The van der Waals surface area contributed by atoms with E-state index in [4.69, 9.17) is 0 Å². The van der Waals surface area contributed by atoms with E-state index in [1.807, 2.05) is 113 Å². The van der Waals surface area contributed by atoms with Crippen molar-refractivity contribution in [2.24, 2.45) is 5.41 Å². The summed E-state index contributed by atoms with van der Waals surface area (Å²) in [6, 6.07) is 25.6. The molecule has 7 rings (SSSR count). The summed E-state index contributed by atoms with van der Waals surface area (Å²) < 4.78 is 0. The molecule has 0 atom stereocenters. The molecule has 0 saturated carbocycles. The molecule has 2 aliphatic rings. The molecular formula is C55H62N8O4. The fourth-order valence-electron chi connectivity index (χ4n) is 7.63. The number of piperazine rings is 1. The average Bonchev–Trinajstić information content (AvgIpc) is 3.31. The summed E-state index contributed by atoms with van der Waals surface area (Å²) in [4.78, 5) is 55.0. The molecule has 0 bridgehead atoms. The molecule has 3 heterocycles. The van der Waals surface area contributed by atoms with E-state index in [9.17, 15) is 19.5 Å². The number of carbonyl (C=O) groups excluding carboxylic acids is 3. The first kappa shape index (κ1) is 49.2. The quantitative estimate of drug-likeness (QED) is 0.0510. The summed E-state index contributed by atoms with van der Waals surface area (Å²) in [7, 11) is 2.16. The van der Waals surface area contributed by atoms with Crippen molar-refractivity contribution < 1.29 is 19.5 Å². The maximum atomic E-state index is 12.9. The lowest BCUT2D eigenvalue weighted by Gasteiger charge is -2.32. The van der Waals surface area contributed by atoms with Gasteiger partial charge >= 0.3 is 0 Å². The predicted molar refractivity (Wildman–Crippen MR) is 270 cm³/mol. The first-order valence-electron chi connectivity index (χ1n) is 22.6. The van der Waals surface area contributed by atoms with Gasteiger partial charge in [0, 0.05) is 92.0 Å². The van der Waals surface area contributed by atoms with Crippen LogP contribution in [0.2, 0.25) is 0 Å². The molecule has 5 aromatic rings. The number of hydrogen-bond donors (Lipinski definition) is 4. The fourth-order valence-corrected chi connectivity index (χ4v) is 7.63. The minimum Gasteiger partial charge on any atom is -0.508 e. The topological polar surface area (TPSA) is 153 Å². The summed E-state index contributed by atoms with van der Waals surface area (Å²) in [5.74, 6) is 0.500. The monoisotopic (exact) mass is 898 g/mol. The number of benzene rings is 3. The largest absolute Gasteiger partial charge is 0.508 e. The molecule has 1 saturated heterocycles. The van der Waals surface area contributed by atoms with Crippen LogP contribution in [0.1, 0.15) is 68.9 Å². The molecule has 2 aromatic heterocycles. The number of nitrogens with one attached hydrogen (secondary N) is 3. The van der Waals surface area contributed by atoms with Crippen LogP contribution in [0.25, 0.3) is 11.3 Å². The normalized spacial score (nSPS) is 15.9. The summed E-state index contributed by atoms with van der Waals surface area (Å²) in [6.45, 7) is 17.4. The maximum Gasteiger partial charge on any atom is 0.255 e. The highest BCUT2D eigenvalue weighted by atomic mass is 16.3. The standard InChI is InChI=1S/C29H31N7O.C26H31NO3/c1-21-5-10-25(18-27(21)34-29-31-13-11-26(33-29)24-4-3-12-30-19-24)32-28(37)23-8-6-22(7-9-23)20-36-16-14-35(2)15-17-36;1-18(9-14-23-20(3)24(29)15-16-26(23,4)5)7-6-8-19(2)17-25(30)27-21-10-12-22(28)13-11-21/h3-13,18-19H,14-17,20H2,1-2H3,(H,32,37)(H,31,33,34);6-14,17,28H,15-16H2,1-5H3,(H,27,30)/b;8-6+,14-9+,18-7+,19-17+. The van der Waals surface area contributed by atoms with Gasteiger partial charge in [0.25, 0.3) is 5.91 Å². The van der Waals surface area contributed by atoms with Gasteiger partial charge in [-0.25, -0.2) is 9.97 Å². The van der Waals surface area contributed by atoms with Crippen molar-refractivity contribution in [2.75, 3.05) is 49.2 Å². The second kappa shape index (κ2) is 23.3. The first-order valence-corrected chi connectivity index (χ1v) is 22.6. The Balaban J connectivity index is 0.000000227. The zero-order valence-electron chi connectivity index (χ0n) is 39.6. The van der Waals surface area contributed by atoms with Crippen LogP contribution >= 0.6 is 0 Å². The Morgan fingerprint density at radius 2 is 1.58 bits per heavy atom. The number of phenols is 1. The number of aromatic nitrogens is 3. The number of aryl methyl sites for hydroxylation is 1. The van der Waals surface area contributed by atoms with Crippen LogP contribution in [0.15, 0.2) is 162 Å². The van der Waals surface area contributed by atoms with E-state index in [1.165, 1.54) is 23.8 Å². The zero-order valence-corrected chi connectivity index (χ0v) is 39.6. The van der Waals surface area contributed by atoms with Gasteiger partial charge in [-0.3, -0.25) is 24.3 Å². The van der Waals surface area contributed by atoms with Gasteiger partial charge in [0.05, 0.1) is 5.69 Å². The number of anilines is 4. The van der Waals surface area contributed by atoms with Gasteiger partial charge in [-0.15, -0.1) is 0 Å². The number of amides is 2. The average molecular weight is 899 g/mol. The van der Waals surface area contributed by atoms with Crippen molar-refractivity contribution in [3.63, 3.8) is 0 Å². The molecule has 0 unspecified atom stereocenters. The van der Waals surface area contributed by atoms with Gasteiger partial charge in [0.15, 0.2) is 5.78 Å². The second-order valence-corrected chi connectivity index (χ2v) is 17.8. The molecule has 67 heavy (non-hydrogen) atoms. The Morgan fingerprint density at radius 1 is 0.851 bits per heavy atom. The number of ketones is 1. The molecule has 4 N–H and O–H groups in total. The predicted octanol–water partition coefficient (Wildman–Crippen LogP) is 10.6. The third-order valence-electron chi connectivity index (χ3n) is 11.8. The minimum absolute atomic E-state index is 0.00873. The number of carbonyl (C=O) groups is 3. The zero-order chi connectivity index (χ0) is 47.9. The highest BCUT2D eigenvalue weighted by Crippen LogP contribution is 2.39. The highest BCUT2D eigenvalue weighted by molar-refractivity contribution is 6.04. The Morgan fingerprint density at radius 3 is 2.30 bits per heavy atom. The van der Waals surface area contributed by atoms with Crippen LogP contribution in [0.5, 0.6) is 5.75 Å². The van der Waals surface area contributed by atoms with Crippen molar-refractivity contribution in [3.05, 3.63) is 179 Å². The molecule has 12 heteroatoms. The van der Waals surface area contributed by atoms with E-state index >= 15 is 0 Å². The molecule has 1 fully saturated rings. The molecule has 0 radical (unpaired) electrons. The smallest absolute Gasteiger partial charge is 0.255 e. The number of Topliss-reactive ketones (excluding diaryl/α,β-unsaturated/α-hetero) is 1. The fraction of sp³-hybridized carbons (Fsp3) is 0.273. The Hall–Kier alpha value is -7.28. The molecular weight excluding hydrogens is 837 g/mol. The molecule has 346 valence electrons. The molecule has 0 spiro atoms. The number of pyridine rings is 1. The summed E-state index contributed by atoms with van der Waals surface area (Å²) in [5, 5.41) is 18.3. The van der Waals surface area contributed by atoms with E-state index in [0.717, 1.165) is 83.9 Å². The summed E-state index contributed by atoms with van der Waals surface area (Å²) in [5.41, 5.74) is 10.6. The molecule has 1 aliphatic heterocycles. The second-order valence-electron chi connectivity index (χ2n) is 17.8. The van der Waals surface area contributed by atoms with Gasteiger partial charge in [0.2, 0.25) is 11.9 Å². The van der Waals surface area contributed by atoms with Crippen LogP contribution < -0.4 is 16.0 Å². The van der Waals surface area contributed by atoms with Gasteiger partial charge in [-0.2, -0.15) is 0 Å². The molecule has 1 aliphatic carbocycles. The van der Waals surface area contributed by atoms with Crippen molar-refractivity contribution in [1.82, 2.24) is 24.8 Å². The molecule has 2 amide bonds. The van der Waals surface area contributed by atoms with E-state index in [1.54, 1.807) is 30.7 Å². The SMILES string of the molecule is CC1=C(/C=C/C(C)=C/C=C/C(C)=C/C(=O)Nc2ccc(O)cc2)C(C)(C)CCC1=O.Cc1ccc(NC(=O)c2ccc(CN3CCN(C)CC3)cc2)cc1Nc1nccc(-c2cccnc2)n1. The van der Waals surface area contributed by atoms with Crippen LogP contribution in [0.4, 0.5) is 23.0 Å². The van der Waals surface area contributed by atoms with Crippen LogP contribution in [-0.2, 0) is 16.1 Å². The first-order chi connectivity index (χ1) is 32.1. The minimum atomic E-state index is -0.227. The maximum absolute atomic E-state index is 12.9. The lowest BCUT2D eigenvalue weighted by atomic mass is 9.72. The van der Waals surface area contributed by atoms with Crippen molar-refractivity contribution in [1.29, 1.82) is 0 Å². The van der Waals surface area contributed by atoms with Crippen molar-refractivity contribution >= 4 is 40.6 Å². The third-order valence-corrected chi connectivity index (χ3v) is 11.8. The van der Waals surface area contributed by atoms with Gasteiger partial charge < -0.3 is 26.0 Å². The van der Waals surface area contributed by atoms with E-state index in [2.05, 4.69) is 67.7 Å². The Kier molecular flexibility index (Phi) is 17.1. The number of allylic oxidation sites excluding steroid dienone is 9. The highest BCUT2D eigenvalue weighted by Gasteiger charge is 2.30. The van der Waals surface area contributed by atoms with Crippen molar-refractivity contribution in [2.45, 2.75) is 60.9 Å². The van der Waals surface area contributed by atoms with E-state index in [-0.39, 0.29) is 28.8 Å². The summed E-state index contributed by atoms with van der Waals surface area (Å²) >= 11 is 0. The van der Waals surface area contributed by atoms with Gasteiger partial charge in [0.1, 0.15) is 5.75 Å². The Labute approximate surface area is 395 Å². The third kappa shape index (κ3) is 14.9. The van der Waals surface area contributed by atoms with Crippen molar-refractivity contribution in [3.8, 4) is 17.0 Å². The lowest BCUT2D eigenvalue weighted by molar-refractivity contribution is -0.116. The summed E-state index contributed by atoms with van der Waals surface area (Å²) in [6.07, 6.45) is 18.1. The number of phenolic OH excluding ortho intramolecular Hbond substituents is 1. The number of hydrogen-bond acceptors (Lipinski definition) is 10. The Bertz CT molecular complexity index is 2680. The van der Waals surface area contributed by atoms with Crippen LogP contribution in [0.3, 0.4) is 0 Å². The van der Waals surface area contributed by atoms with Crippen LogP contribution in [0, 0.1) is 12.3 Å². The van der Waals surface area contributed by atoms with E-state index < -0.39 is 0 Å². The molecule has 3 aromatic carbocycles. The number of rotatable bonds is 13. The number of likely N-dealkylation sites (N-methyl/N-ethyl adjacent to an activating group) is 1. The van der Waals surface area contributed by atoms with Gasteiger partial charge in [-0.05, 0) is 141 Å². The number of aromatic hydroxyl groups is 1.